The van der Waals surface area contributed by atoms with E-state index in [-0.39, 0.29) is 0 Å². The lowest BCUT2D eigenvalue weighted by atomic mass is 10.0. The molecule has 0 aliphatic rings. The van der Waals surface area contributed by atoms with Crippen molar-refractivity contribution in [1.82, 2.24) is 0 Å². The molecule has 1 rings (SSSR count). The number of hydrogen-bond acceptors (Lipinski definition) is 3. The van der Waals surface area contributed by atoms with E-state index in [0.29, 0.717) is 12.1 Å². The zero-order valence-corrected chi connectivity index (χ0v) is 11.7. The van der Waals surface area contributed by atoms with Crippen molar-refractivity contribution in [3.05, 3.63) is 28.2 Å². The summed E-state index contributed by atoms with van der Waals surface area (Å²) in [7, 11) is 0. The highest BCUT2D eigenvalue weighted by atomic mass is 79.9. The lowest BCUT2D eigenvalue weighted by Crippen LogP contribution is -2.33. The zero-order chi connectivity index (χ0) is 12.9. The first-order valence-electron chi connectivity index (χ1n) is 5.64. The smallest absolute Gasteiger partial charge is 0.0992 e. The highest BCUT2D eigenvalue weighted by Gasteiger charge is 2.18. The summed E-state index contributed by atoms with van der Waals surface area (Å²) in [5.74, 6) is 0. The largest absolute Gasteiger partial charge is 0.388 e. The summed E-state index contributed by atoms with van der Waals surface area (Å²) in [6.07, 6.45) is 1.69. The van der Waals surface area contributed by atoms with Crippen molar-refractivity contribution in [2.24, 2.45) is 0 Å². The number of hydrogen-bond donors (Lipinski definition) is 2. The van der Waals surface area contributed by atoms with Crippen molar-refractivity contribution in [2.45, 2.75) is 32.3 Å². The second-order valence-electron chi connectivity index (χ2n) is 4.44. The second kappa shape index (κ2) is 6.04. The summed E-state index contributed by atoms with van der Waals surface area (Å²) >= 11 is 3.35. The fourth-order valence-electron chi connectivity index (χ4n) is 1.68. The predicted molar refractivity (Wildman–Crippen MR) is 72.9 cm³/mol. The second-order valence-corrected chi connectivity index (χ2v) is 5.36. The summed E-state index contributed by atoms with van der Waals surface area (Å²) in [4.78, 5) is 0. The van der Waals surface area contributed by atoms with Gasteiger partial charge in [-0.3, -0.25) is 0 Å². The van der Waals surface area contributed by atoms with Crippen LogP contribution in [0.15, 0.2) is 22.7 Å². The Morgan fingerprint density at radius 1 is 1.47 bits per heavy atom. The van der Waals surface area contributed by atoms with Crippen LogP contribution in [0.5, 0.6) is 0 Å². The van der Waals surface area contributed by atoms with E-state index in [1.165, 1.54) is 0 Å². The molecule has 92 valence electrons. The van der Waals surface area contributed by atoms with E-state index in [1.54, 1.807) is 12.1 Å². The minimum atomic E-state index is -0.718. The third-order valence-electron chi connectivity index (χ3n) is 2.49. The molecule has 1 aromatic rings. The van der Waals surface area contributed by atoms with Gasteiger partial charge in [-0.1, -0.05) is 29.3 Å². The zero-order valence-electron chi connectivity index (χ0n) is 10.1. The van der Waals surface area contributed by atoms with Crippen molar-refractivity contribution in [3.63, 3.8) is 0 Å². The van der Waals surface area contributed by atoms with Crippen molar-refractivity contribution < 1.29 is 5.11 Å². The van der Waals surface area contributed by atoms with E-state index in [4.69, 9.17) is 5.26 Å². The molecular formula is C13H17BrN2O. The van der Waals surface area contributed by atoms with Crippen molar-refractivity contribution >= 4 is 21.6 Å². The monoisotopic (exact) mass is 296 g/mol. The predicted octanol–water partition coefficient (Wildman–Crippen LogP) is 3.28. The molecule has 1 atom stereocenters. The van der Waals surface area contributed by atoms with Crippen LogP contribution in [-0.4, -0.2) is 17.3 Å². The fourth-order valence-corrected chi connectivity index (χ4v) is 2.17. The number of nitrogens with zero attached hydrogens (tertiary/aromatic N) is 1. The number of nitrogens with one attached hydrogen (secondary N) is 1. The number of halogens is 1. The molecule has 0 saturated heterocycles. The van der Waals surface area contributed by atoms with E-state index in [0.717, 1.165) is 23.0 Å². The first-order chi connectivity index (χ1) is 7.96. The Kier molecular flexibility index (Phi) is 4.98. The van der Waals surface area contributed by atoms with Gasteiger partial charge in [0.2, 0.25) is 0 Å². The highest BCUT2D eigenvalue weighted by Crippen LogP contribution is 2.20. The molecule has 17 heavy (non-hydrogen) atoms. The van der Waals surface area contributed by atoms with Crippen molar-refractivity contribution in [2.75, 3.05) is 11.9 Å². The third-order valence-corrected chi connectivity index (χ3v) is 2.95. The van der Waals surface area contributed by atoms with E-state index >= 15 is 0 Å². The number of anilines is 1. The van der Waals surface area contributed by atoms with E-state index in [1.807, 2.05) is 19.9 Å². The van der Waals surface area contributed by atoms with Gasteiger partial charge in [-0.15, -0.1) is 0 Å². The Morgan fingerprint density at radius 2 is 2.18 bits per heavy atom. The van der Waals surface area contributed by atoms with Gasteiger partial charge in [0.15, 0.2) is 0 Å². The van der Waals surface area contributed by atoms with Gasteiger partial charge in [-0.2, -0.15) is 5.26 Å². The van der Waals surface area contributed by atoms with E-state index in [9.17, 15) is 5.11 Å². The van der Waals surface area contributed by atoms with Gasteiger partial charge in [0.05, 0.1) is 17.2 Å². The molecule has 4 heteroatoms. The average Bonchev–Trinajstić information content (AvgIpc) is 2.26. The Balaban J connectivity index is 2.70. The number of rotatable bonds is 5. The number of aliphatic hydroxyl groups is 1. The van der Waals surface area contributed by atoms with Crippen LogP contribution in [-0.2, 0) is 0 Å². The average molecular weight is 297 g/mol. The van der Waals surface area contributed by atoms with Gasteiger partial charge in [0.25, 0.3) is 0 Å². The molecule has 0 aromatic heterocycles. The molecule has 0 amide bonds. The third kappa shape index (κ3) is 4.76. The van der Waals surface area contributed by atoms with Crippen molar-refractivity contribution in [3.8, 4) is 6.07 Å². The molecule has 3 nitrogen and oxygen atoms in total. The van der Waals surface area contributed by atoms with Gasteiger partial charge in [0, 0.05) is 16.7 Å². The van der Waals surface area contributed by atoms with Crippen LogP contribution in [0.1, 0.15) is 32.3 Å². The van der Waals surface area contributed by atoms with Gasteiger partial charge in [0.1, 0.15) is 0 Å². The van der Waals surface area contributed by atoms with Gasteiger partial charge in [-0.05, 0) is 31.5 Å². The van der Waals surface area contributed by atoms with E-state index in [2.05, 4.69) is 27.3 Å². The summed E-state index contributed by atoms with van der Waals surface area (Å²) in [5.41, 5.74) is 0.716. The first-order valence-corrected chi connectivity index (χ1v) is 6.43. The maximum atomic E-state index is 10.0. The molecular weight excluding hydrogens is 280 g/mol. The van der Waals surface area contributed by atoms with Gasteiger partial charge < -0.3 is 10.4 Å². The summed E-state index contributed by atoms with van der Waals surface area (Å²) in [6, 6.07) is 7.52. The maximum Gasteiger partial charge on any atom is 0.0992 e. The Labute approximate surface area is 111 Å². The van der Waals surface area contributed by atoms with Crippen LogP contribution < -0.4 is 5.32 Å². The highest BCUT2D eigenvalue weighted by molar-refractivity contribution is 9.10. The van der Waals surface area contributed by atoms with Gasteiger partial charge >= 0.3 is 0 Å². The summed E-state index contributed by atoms with van der Waals surface area (Å²) in [6.45, 7) is 4.33. The van der Waals surface area contributed by atoms with Crippen LogP contribution in [0.25, 0.3) is 0 Å². The SMILES string of the molecule is CCCC(C)(O)CNc1cc(Br)cc(C#N)c1. The topological polar surface area (TPSA) is 56.0 Å². The minimum Gasteiger partial charge on any atom is -0.388 e. The van der Waals surface area contributed by atoms with E-state index < -0.39 is 5.60 Å². The van der Waals surface area contributed by atoms with Crippen LogP contribution in [0, 0.1) is 11.3 Å². The molecule has 1 aromatic carbocycles. The lowest BCUT2D eigenvalue weighted by Gasteiger charge is -2.23. The van der Waals surface area contributed by atoms with Crippen LogP contribution in [0.4, 0.5) is 5.69 Å². The Morgan fingerprint density at radius 3 is 2.76 bits per heavy atom. The normalized spacial score (nSPS) is 13.8. The lowest BCUT2D eigenvalue weighted by molar-refractivity contribution is 0.0637. The quantitative estimate of drug-likeness (QED) is 0.877. The molecule has 0 heterocycles. The Bertz CT molecular complexity index is 424. The molecule has 0 fully saturated rings. The summed E-state index contributed by atoms with van der Waals surface area (Å²) in [5, 5.41) is 22.0. The molecule has 0 aliphatic carbocycles. The maximum absolute atomic E-state index is 10.0. The molecule has 0 spiro atoms. The molecule has 0 radical (unpaired) electrons. The Hall–Kier alpha value is -1.05. The van der Waals surface area contributed by atoms with Crippen LogP contribution in [0.2, 0.25) is 0 Å². The minimum absolute atomic E-state index is 0.474. The molecule has 0 aliphatic heterocycles. The van der Waals surface area contributed by atoms with Crippen molar-refractivity contribution in [1.29, 1.82) is 5.26 Å². The molecule has 0 saturated carbocycles. The fraction of sp³-hybridized carbons (Fsp3) is 0.462. The van der Waals surface area contributed by atoms with Crippen LogP contribution in [0.3, 0.4) is 0 Å². The number of benzene rings is 1. The standard InChI is InChI=1S/C13H17BrN2O/c1-3-4-13(2,17)9-16-12-6-10(8-15)5-11(14)7-12/h5-7,16-17H,3-4,9H2,1-2H3. The summed E-state index contributed by atoms with van der Waals surface area (Å²) < 4.78 is 0.856. The first kappa shape index (κ1) is 14.0. The molecule has 0 bridgehead atoms. The van der Waals surface area contributed by atoms with Gasteiger partial charge in [-0.25, -0.2) is 0 Å². The molecule has 2 N–H and O–H groups in total. The molecule has 1 unspecified atom stereocenters. The van der Waals surface area contributed by atoms with Crippen LogP contribution >= 0.6 is 15.9 Å². The number of nitriles is 1.